The monoisotopic (exact) mass is 279 g/mol. The van der Waals surface area contributed by atoms with Crippen LogP contribution in [0.2, 0.25) is 0 Å². The van der Waals surface area contributed by atoms with E-state index in [0.717, 1.165) is 4.90 Å². The van der Waals surface area contributed by atoms with E-state index in [2.05, 4.69) is 9.97 Å². The topological polar surface area (TPSA) is 98.2 Å². The maximum Gasteiger partial charge on any atom is 0.405 e. The van der Waals surface area contributed by atoms with E-state index in [0.29, 0.717) is 0 Å². The van der Waals surface area contributed by atoms with Crippen molar-refractivity contribution in [3.8, 4) is 0 Å². The molecule has 0 amide bonds. The standard InChI is InChI=1S/C9H12F3N5O2/c1-3-16(4-9(10,11)12)7-6(17(18)19)5(2)14-8(13)15-7/h3-4H2,1-2H3,(H2,13,14,15). The van der Waals surface area contributed by atoms with Gasteiger partial charge in [0.1, 0.15) is 12.2 Å². The molecule has 0 bridgehead atoms. The Hall–Kier alpha value is -2.13. The summed E-state index contributed by atoms with van der Waals surface area (Å²) in [5, 5.41) is 10.9. The molecular weight excluding hydrogens is 267 g/mol. The average molecular weight is 279 g/mol. The first kappa shape index (κ1) is 14.9. The Morgan fingerprint density at radius 2 is 2.00 bits per heavy atom. The molecule has 1 aromatic heterocycles. The molecule has 0 fully saturated rings. The molecule has 7 nitrogen and oxygen atoms in total. The summed E-state index contributed by atoms with van der Waals surface area (Å²) in [6.07, 6.45) is -4.50. The van der Waals surface area contributed by atoms with Gasteiger partial charge >= 0.3 is 11.9 Å². The fraction of sp³-hybridized carbons (Fsp3) is 0.556. The molecule has 0 spiro atoms. The smallest absolute Gasteiger partial charge is 0.368 e. The highest BCUT2D eigenvalue weighted by atomic mass is 19.4. The molecule has 0 atom stereocenters. The van der Waals surface area contributed by atoms with Crippen LogP contribution in [-0.4, -0.2) is 34.2 Å². The van der Waals surface area contributed by atoms with Gasteiger partial charge in [0.25, 0.3) is 0 Å². The molecule has 0 aromatic carbocycles. The summed E-state index contributed by atoms with van der Waals surface area (Å²) in [4.78, 5) is 18.0. The Kier molecular flexibility index (Phi) is 4.12. The van der Waals surface area contributed by atoms with Crippen LogP contribution in [-0.2, 0) is 0 Å². The first-order valence-corrected chi connectivity index (χ1v) is 5.26. The highest BCUT2D eigenvalue weighted by Gasteiger charge is 2.34. The maximum atomic E-state index is 12.4. The highest BCUT2D eigenvalue weighted by Crippen LogP contribution is 2.31. The Morgan fingerprint density at radius 3 is 2.42 bits per heavy atom. The zero-order valence-corrected chi connectivity index (χ0v) is 10.2. The third-order valence-electron chi connectivity index (χ3n) is 2.29. The molecule has 1 aromatic rings. The molecule has 1 rings (SSSR count). The van der Waals surface area contributed by atoms with Crippen LogP contribution in [0.1, 0.15) is 12.6 Å². The van der Waals surface area contributed by atoms with E-state index in [4.69, 9.17) is 5.73 Å². The summed E-state index contributed by atoms with van der Waals surface area (Å²) < 4.78 is 37.3. The Labute approximate surface area is 106 Å². The zero-order chi connectivity index (χ0) is 14.8. The molecule has 10 heteroatoms. The lowest BCUT2D eigenvalue weighted by Crippen LogP contribution is -2.35. The van der Waals surface area contributed by atoms with Crippen molar-refractivity contribution in [3.63, 3.8) is 0 Å². The van der Waals surface area contributed by atoms with Crippen molar-refractivity contribution in [2.75, 3.05) is 23.7 Å². The van der Waals surface area contributed by atoms with Gasteiger partial charge in [0.05, 0.1) is 4.92 Å². The summed E-state index contributed by atoms with van der Waals surface area (Å²) in [5.74, 6) is -0.728. The van der Waals surface area contributed by atoms with Crippen LogP contribution in [0.25, 0.3) is 0 Å². The molecule has 0 aliphatic carbocycles. The summed E-state index contributed by atoms with van der Waals surface area (Å²) in [5.41, 5.74) is 4.69. The minimum absolute atomic E-state index is 0.0758. The predicted molar refractivity (Wildman–Crippen MR) is 61.8 cm³/mol. The van der Waals surface area contributed by atoms with Gasteiger partial charge < -0.3 is 10.6 Å². The van der Waals surface area contributed by atoms with E-state index >= 15 is 0 Å². The first-order chi connectivity index (χ1) is 8.65. The van der Waals surface area contributed by atoms with E-state index in [1.54, 1.807) is 0 Å². The summed E-state index contributed by atoms with van der Waals surface area (Å²) in [7, 11) is 0. The molecule has 0 saturated heterocycles. The van der Waals surface area contributed by atoms with E-state index in [1.165, 1.54) is 13.8 Å². The Bertz CT molecular complexity index is 491. The van der Waals surface area contributed by atoms with Gasteiger partial charge in [-0.05, 0) is 13.8 Å². The fourth-order valence-electron chi connectivity index (χ4n) is 1.56. The number of nitrogen functional groups attached to an aromatic ring is 1. The SMILES string of the molecule is CCN(CC(F)(F)F)c1nc(N)nc(C)c1[N+](=O)[O-]. The summed E-state index contributed by atoms with van der Waals surface area (Å²) in [6.45, 7) is 1.28. The molecule has 2 N–H and O–H groups in total. The molecule has 0 radical (unpaired) electrons. The van der Waals surface area contributed by atoms with Gasteiger partial charge in [-0.1, -0.05) is 0 Å². The van der Waals surface area contributed by atoms with Crippen molar-refractivity contribution in [2.24, 2.45) is 0 Å². The third kappa shape index (κ3) is 3.66. The van der Waals surface area contributed by atoms with Gasteiger partial charge in [-0.3, -0.25) is 10.1 Å². The van der Waals surface area contributed by atoms with Crippen LogP contribution >= 0.6 is 0 Å². The van der Waals surface area contributed by atoms with Gasteiger partial charge in [-0.25, -0.2) is 4.98 Å². The Morgan fingerprint density at radius 1 is 1.42 bits per heavy atom. The number of nitrogens with zero attached hydrogens (tertiary/aromatic N) is 4. The van der Waals surface area contributed by atoms with Crippen LogP contribution in [0.4, 0.5) is 30.6 Å². The number of halogens is 3. The number of aromatic nitrogens is 2. The average Bonchev–Trinajstić information content (AvgIpc) is 2.22. The highest BCUT2D eigenvalue weighted by molar-refractivity contribution is 5.62. The summed E-state index contributed by atoms with van der Waals surface area (Å²) >= 11 is 0. The van der Waals surface area contributed by atoms with E-state index in [9.17, 15) is 23.3 Å². The first-order valence-electron chi connectivity index (χ1n) is 5.26. The number of alkyl halides is 3. The Balaban J connectivity index is 3.33. The molecular formula is C9H12F3N5O2. The van der Waals surface area contributed by atoms with Crippen molar-refractivity contribution in [1.82, 2.24) is 9.97 Å². The van der Waals surface area contributed by atoms with Crippen molar-refractivity contribution < 1.29 is 18.1 Å². The minimum Gasteiger partial charge on any atom is -0.368 e. The lowest BCUT2D eigenvalue weighted by molar-refractivity contribution is -0.385. The zero-order valence-electron chi connectivity index (χ0n) is 10.2. The number of nitrogens with two attached hydrogens (primary N) is 1. The van der Waals surface area contributed by atoms with Gasteiger partial charge in [0.2, 0.25) is 11.8 Å². The normalized spacial score (nSPS) is 11.4. The molecule has 1 heterocycles. The number of hydrogen-bond donors (Lipinski definition) is 1. The number of aryl methyl sites for hydroxylation is 1. The number of anilines is 2. The largest absolute Gasteiger partial charge is 0.405 e. The molecule has 19 heavy (non-hydrogen) atoms. The molecule has 0 aliphatic rings. The molecule has 106 valence electrons. The second-order valence-corrected chi connectivity index (χ2v) is 3.73. The number of nitro groups is 1. The predicted octanol–water partition coefficient (Wildman–Crippen LogP) is 1.66. The van der Waals surface area contributed by atoms with Crippen LogP contribution < -0.4 is 10.6 Å². The van der Waals surface area contributed by atoms with Gasteiger partial charge in [-0.2, -0.15) is 18.2 Å². The van der Waals surface area contributed by atoms with Crippen LogP contribution in [0.3, 0.4) is 0 Å². The fourth-order valence-corrected chi connectivity index (χ4v) is 1.56. The van der Waals surface area contributed by atoms with Crippen LogP contribution in [0.15, 0.2) is 0 Å². The number of rotatable bonds is 4. The van der Waals surface area contributed by atoms with Crippen molar-refractivity contribution in [1.29, 1.82) is 0 Å². The second kappa shape index (κ2) is 5.24. The van der Waals surface area contributed by atoms with E-state index < -0.39 is 29.1 Å². The minimum atomic E-state index is -4.50. The molecule has 0 unspecified atom stereocenters. The van der Waals surface area contributed by atoms with Crippen molar-refractivity contribution in [2.45, 2.75) is 20.0 Å². The van der Waals surface area contributed by atoms with Crippen molar-refractivity contribution in [3.05, 3.63) is 15.8 Å². The quantitative estimate of drug-likeness (QED) is 0.664. The lowest BCUT2D eigenvalue weighted by atomic mass is 10.3. The molecule has 0 saturated carbocycles. The molecule has 0 aliphatic heterocycles. The van der Waals surface area contributed by atoms with Gasteiger partial charge in [0, 0.05) is 6.54 Å². The van der Waals surface area contributed by atoms with E-state index in [-0.39, 0.29) is 18.2 Å². The lowest BCUT2D eigenvalue weighted by Gasteiger charge is -2.23. The van der Waals surface area contributed by atoms with Gasteiger partial charge in [-0.15, -0.1) is 0 Å². The van der Waals surface area contributed by atoms with Crippen LogP contribution in [0.5, 0.6) is 0 Å². The van der Waals surface area contributed by atoms with Crippen LogP contribution in [0, 0.1) is 17.0 Å². The number of hydrogen-bond acceptors (Lipinski definition) is 6. The third-order valence-corrected chi connectivity index (χ3v) is 2.29. The van der Waals surface area contributed by atoms with E-state index in [1.807, 2.05) is 0 Å². The second-order valence-electron chi connectivity index (χ2n) is 3.73. The maximum absolute atomic E-state index is 12.4. The van der Waals surface area contributed by atoms with Gasteiger partial charge in [0.15, 0.2) is 0 Å². The van der Waals surface area contributed by atoms with Crippen molar-refractivity contribution >= 4 is 17.5 Å². The summed E-state index contributed by atoms with van der Waals surface area (Å²) in [6, 6.07) is 0.